The van der Waals surface area contributed by atoms with Crippen LogP contribution in [0.3, 0.4) is 0 Å². The molecule has 1 aromatic carbocycles. The summed E-state index contributed by atoms with van der Waals surface area (Å²) in [6.07, 6.45) is 3.28. The van der Waals surface area contributed by atoms with Crippen LogP contribution in [0.4, 0.5) is 0 Å². The molecular weight excluding hydrogens is 232 g/mol. The third-order valence-electron chi connectivity index (χ3n) is 4.59. The van der Waals surface area contributed by atoms with E-state index in [9.17, 15) is 5.26 Å². The standard InChI is InChI=1S/C17H24N2/c1-13(2)19(3)17-11-15(9-10-16(17)12-18)14-7-5-4-6-8-14/h4-8,13,15-17H,9-11H2,1-3H3. The highest BCUT2D eigenvalue weighted by Crippen LogP contribution is 2.38. The van der Waals surface area contributed by atoms with Gasteiger partial charge in [-0.05, 0) is 51.6 Å². The van der Waals surface area contributed by atoms with Crippen molar-refractivity contribution in [3.8, 4) is 6.07 Å². The molecule has 3 atom stereocenters. The molecule has 0 aliphatic heterocycles. The van der Waals surface area contributed by atoms with E-state index in [1.807, 2.05) is 0 Å². The van der Waals surface area contributed by atoms with Crippen molar-refractivity contribution in [1.29, 1.82) is 5.26 Å². The van der Waals surface area contributed by atoms with Gasteiger partial charge in [-0.15, -0.1) is 0 Å². The summed E-state index contributed by atoms with van der Waals surface area (Å²) in [7, 11) is 2.16. The fourth-order valence-corrected chi connectivity index (χ4v) is 3.16. The number of hydrogen-bond acceptors (Lipinski definition) is 2. The normalized spacial score (nSPS) is 27.5. The maximum absolute atomic E-state index is 9.37. The highest BCUT2D eigenvalue weighted by atomic mass is 15.2. The molecule has 0 heterocycles. The average Bonchev–Trinajstić information content (AvgIpc) is 2.46. The quantitative estimate of drug-likeness (QED) is 0.822. The molecule has 2 rings (SSSR count). The molecule has 0 saturated heterocycles. The van der Waals surface area contributed by atoms with Crippen LogP contribution in [0, 0.1) is 17.2 Å². The fraction of sp³-hybridized carbons (Fsp3) is 0.588. The maximum atomic E-state index is 9.37. The van der Waals surface area contributed by atoms with Crippen LogP contribution in [0.25, 0.3) is 0 Å². The van der Waals surface area contributed by atoms with E-state index in [0.717, 1.165) is 19.3 Å². The Balaban J connectivity index is 2.14. The fourth-order valence-electron chi connectivity index (χ4n) is 3.16. The van der Waals surface area contributed by atoms with E-state index in [4.69, 9.17) is 0 Å². The number of benzene rings is 1. The van der Waals surface area contributed by atoms with Crippen LogP contribution >= 0.6 is 0 Å². The minimum absolute atomic E-state index is 0.187. The van der Waals surface area contributed by atoms with Gasteiger partial charge in [0.1, 0.15) is 0 Å². The molecule has 1 fully saturated rings. The molecule has 2 nitrogen and oxygen atoms in total. The summed E-state index contributed by atoms with van der Waals surface area (Å²) in [6.45, 7) is 4.42. The van der Waals surface area contributed by atoms with E-state index in [0.29, 0.717) is 18.0 Å². The molecule has 0 N–H and O–H groups in total. The van der Waals surface area contributed by atoms with Crippen molar-refractivity contribution in [3.05, 3.63) is 35.9 Å². The Kier molecular flexibility index (Phi) is 4.61. The summed E-state index contributed by atoms with van der Waals surface area (Å²) in [5.41, 5.74) is 1.43. The average molecular weight is 256 g/mol. The first kappa shape index (κ1) is 14.1. The lowest BCUT2D eigenvalue weighted by atomic mass is 9.75. The van der Waals surface area contributed by atoms with Gasteiger partial charge in [0, 0.05) is 12.1 Å². The van der Waals surface area contributed by atoms with E-state index in [-0.39, 0.29) is 5.92 Å². The zero-order valence-electron chi connectivity index (χ0n) is 12.2. The first-order chi connectivity index (χ1) is 9.13. The van der Waals surface area contributed by atoms with Crippen LogP contribution in [-0.2, 0) is 0 Å². The highest BCUT2D eigenvalue weighted by Gasteiger charge is 2.34. The third kappa shape index (κ3) is 3.16. The van der Waals surface area contributed by atoms with Crippen LogP contribution in [0.1, 0.15) is 44.6 Å². The van der Waals surface area contributed by atoms with E-state index in [1.54, 1.807) is 0 Å². The lowest BCUT2D eigenvalue weighted by molar-refractivity contribution is 0.116. The molecule has 1 aliphatic carbocycles. The minimum atomic E-state index is 0.187. The second kappa shape index (κ2) is 6.21. The second-order valence-electron chi connectivity index (χ2n) is 5.98. The summed E-state index contributed by atoms with van der Waals surface area (Å²) in [6, 6.07) is 14.2. The van der Waals surface area contributed by atoms with Gasteiger partial charge in [0.25, 0.3) is 0 Å². The molecule has 0 aromatic heterocycles. The zero-order valence-corrected chi connectivity index (χ0v) is 12.2. The summed E-state index contributed by atoms with van der Waals surface area (Å²) in [5, 5.41) is 9.37. The number of nitrogens with zero attached hydrogens (tertiary/aromatic N) is 2. The molecule has 0 amide bonds. The molecular formula is C17H24N2. The van der Waals surface area contributed by atoms with Crippen LogP contribution < -0.4 is 0 Å². The smallest absolute Gasteiger partial charge is 0.0672 e. The van der Waals surface area contributed by atoms with Crippen molar-refractivity contribution < 1.29 is 0 Å². The molecule has 1 saturated carbocycles. The predicted molar refractivity (Wildman–Crippen MR) is 78.8 cm³/mol. The zero-order chi connectivity index (χ0) is 13.8. The first-order valence-corrected chi connectivity index (χ1v) is 7.30. The van der Waals surface area contributed by atoms with Gasteiger partial charge >= 0.3 is 0 Å². The van der Waals surface area contributed by atoms with Crippen molar-refractivity contribution >= 4 is 0 Å². The van der Waals surface area contributed by atoms with Gasteiger partial charge in [-0.3, -0.25) is 4.90 Å². The second-order valence-corrected chi connectivity index (χ2v) is 5.98. The monoisotopic (exact) mass is 256 g/mol. The van der Waals surface area contributed by atoms with Crippen molar-refractivity contribution in [2.45, 2.75) is 51.1 Å². The van der Waals surface area contributed by atoms with Gasteiger partial charge in [-0.1, -0.05) is 30.3 Å². The van der Waals surface area contributed by atoms with Crippen LogP contribution in [0.2, 0.25) is 0 Å². The Morgan fingerprint density at radius 1 is 1.21 bits per heavy atom. The Bertz CT molecular complexity index is 432. The topological polar surface area (TPSA) is 27.0 Å². The Morgan fingerprint density at radius 2 is 1.89 bits per heavy atom. The molecule has 0 spiro atoms. The molecule has 0 radical (unpaired) electrons. The minimum Gasteiger partial charge on any atom is -0.300 e. The lowest BCUT2D eigenvalue weighted by Gasteiger charge is -2.40. The van der Waals surface area contributed by atoms with Gasteiger partial charge in [0.2, 0.25) is 0 Å². The Labute approximate surface area is 117 Å². The maximum Gasteiger partial charge on any atom is 0.0672 e. The summed E-state index contributed by atoms with van der Waals surface area (Å²) in [4.78, 5) is 2.38. The van der Waals surface area contributed by atoms with Crippen molar-refractivity contribution in [2.24, 2.45) is 5.92 Å². The van der Waals surface area contributed by atoms with Gasteiger partial charge in [0.15, 0.2) is 0 Å². The van der Waals surface area contributed by atoms with E-state index < -0.39 is 0 Å². The van der Waals surface area contributed by atoms with Crippen LogP contribution in [0.15, 0.2) is 30.3 Å². The molecule has 1 aromatic rings. The molecule has 2 heteroatoms. The van der Waals surface area contributed by atoms with Crippen molar-refractivity contribution in [3.63, 3.8) is 0 Å². The van der Waals surface area contributed by atoms with Crippen LogP contribution in [0.5, 0.6) is 0 Å². The Morgan fingerprint density at radius 3 is 2.47 bits per heavy atom. The van der Waals surface area contributed by atoms with Gasteiger partial charge in [-0.25, -0.2) is 0 Å². The van der Waals surface area contributed by atoms with Gasteiger partial charge in [0.05, 0.1) is 12.0 Å². The van der Waals surface area contributed by atoms with Gasteiger partial charge < -0.3 is 0 Å². The molecule has 19 heavy (non-hydrogen) atoms. The SMILES string of the molecule is CC(C)N(C)C1CC(c2ccccc2)CCC1C#N. The molecule has 1 aliphatic rings. The summed E-state index contributed by atoms with van der Waals surface area (Å²) >= 11 is 0. The summed E-state index contributed by atoms with van der Waals surface area (Å²) in [5.74, 6) is 0.796. The number of nitriles is 1. The largest absolute Gasteiger partial charge is 0.300 e. The highest BCUT2D eigenvalue weighted by molar-refractivity contribution is 5.21. The van der Waals surface area contributed by atoms with Crippen LogP contribution in [-0.4, -0.2) is 24.0 Å². The van der Waals surface area contributed by atoms with E-state index in [1.165, 1.54) is 5.56 Å². The number of rotatable bonds is 3. The molecule has 0 bridgehead atoms. The third-order valence-corrected chi connectivity index (χ3v) is 4.59. The van der Waals surface area contributed by atoms with E-state index >= 15 is 0 Å². The van der Waals surface area contributed by atoms with Gasteiger partial charge in [-0.2, -0.15) is 5.26 Å². The predicted octanol–water partition coefficient (Wildman–Crippen LogP) is 3.80. The first-order valence-electron chi connectivity index (χ1n) is 7.30. The Hall–Kier alpha value is -1.33. The lowest BCUT2D eigenvalue weighted by Crippen LogP contribution is -2.44. The van der Waals surface area contributed by atoms with Crippen molar-refractivity contribution in [2.75, 3.05) is 7.05 Å². The van der Waals surface area contributed by atoms with E-state index in [2.05, 4.69) is 62.2 Å². The molecule has 102 valence electrons. The molecule has 3 unspecified atom stereocenters. The van der Waals surface area contributed by atoms with Crippen molar-refractivity contribution in [1.82, 2.24) is 4.90 Å². The number of hydrogen-bond donors (Lipinski definition) is 0. The summed E-state index contributed by atoms with van der Waals surface area (Å²) < 4.78 is 0.